The Morgan fingerprint density at radius 3 is 2.51 bits per heavy atom. The van der Waals surface area contributed by atoms with Crippen molar-refractivity contribution in [3.63, 3.8) is 0 Å². The number of halogens is 5. The maximum atomic E-state index is 14.7. The van der Waals surface area contributed by atoms with Crippen molar-refractivity contribution in [2.75, 3.05) is 63.6 Å². The van der Waals surface area contributed by atoms with Gasteiger partial charge in [-0.1, -0.05) is 12.1 Å². The minimum absolute atomic E-state index is 0.00302. The first-order valence-electron chi connectivity index (χ1n) is 18.0. The number of hydrogen-bond acceptors (Lipinski definition) is 9. The molecule has 1 aromatic carbocycles. The largest absolute Gasteiger partial charge is 0.490 e. The minimum Gasteiger partial charge on any atom is -0.475 e. The summed E-state index contributed by atoms with van der Waals surface area (Å²) in [5, 5.41) is 21.3. The van der Waals surface area contributed by atoms with E-state index in [1.807, 2.05) is 13.1 Å². The number of anilines is 3. The van der Waals surface area contributed by atoms with Crippen molar-refractivity contribution in [3.05, 3.63) is 47.3 Å². The number of imidazole rings is 1. The van der Waals surface area contributed by atoms with Crippen molar-refractivity contribution in [3.8, 4) is 0 Å². The number of nitrogens with one attached hydrogen (secondary N) is 3. The SMILES string of the molecule is CNc1cc(N2CCc3c2cccc3C23CC(CN4CC5(CCNCC5(F)F)C4)(C2)C3)nn2c(C(=O)N[C@@H]3CC[C@H]3OC)cnc12.O=C(O)C(F)(F)F. The van der Waals surface area contributed by atoms with Gasteiger partial charge in [0.25, 0.3) is 11.8 Å². The predicted molar refractivity (Wildman–Crippen MR) is 184 cm³/mol. The molecule has 2 aromatic heterocycles. The lowest BCUT2D eigenvalue weighted by atomic mass is 9.33. The van der Waals surface area contributed by atoms with E-state index < -0.39 is 23.5 Å². The summed E-state index contributed by atoms with van der Waals surface area (Å²) in [6, 6.07) is 8.66. The highest BCUT2D eigenvalue weighted by Gasteiger charge is 2.70. The van der Waals surface area contributed by atoms with Gasteiger partial charge in [-0.3, -0.25) is 4.79 Å². The first-order chi connectivity index (χ1) is 25.1. The molecule has 17 heteroatoms. The maximum Gasteiger partial charge on any atom is 0.490 e. The number of carboxylic acid groups (broad SMARTS) is 1. The number of carboxylic acids is 1. The number of methoxy groups -OCH3 is 1. The van der Waals surface area contributed by atoms with Gasteiger partial charge in [-0.2, -0.15) is 13.2 Å². The number of ether oxygens (including phenoxy) is 1. The Bertz CT molecular complexity index is 1920. The van der Waals surface area contributed by atoms with Gasteiger partial charge in [0.2, 0.25) is 0 Å². The molecular formula is C36H43F5N8O4. The normalized spacial score (nSPS) is 29.2. The highest BCUT2D eigenvalue weighted by Crippen LogP contribution is 2.75. The number of amides is 1. The van der Waals surface area contributed by atoms with Crippen LogP contribution in [0.25, 0.3) is 5.65 Å². The van der Waals surface area contributed by atoms with E-state index in [9.17, 15) is 26.7 Å². The Labute approximate surface area is 302 Å². The van der Waals surface area contributed by atoms with Crippen LogP contribution < -0.4 is 20.9 Å². The quantitative estimate of drug-likeness (QED) is 0.247. The lowest BCUT2D eigenvalue weighted by Crippen LogP contribution is -2.74. The van der Waals surface area contributed by atoms with E-state index in [4.69, 9.17) is 19.7 Å². The molecule has 2 saturated heterocycles. The molecule has 3 aliphatic heterocycles. The van der Waals surface area contributed by atoms with Crippen LogP contribution in [0.2, 0.25) is 0 Å². The van der Waals surface area contributed by atoms with Crippen molar-refractivity contribution in [1.29, 1.82) is 0 Å². The van der Waals surface area contributed by atoms with Crippen LogP contribution in [-0.4, -0.2) is 114 Å². The maximum absolute atomic E-state index is 14.7. The lowest BCUT2D eigenvalue weighted by molar-refractivity contribution is -0.231. The van der Waals surface area contributed by atoms with Crippen LogP contribution in [0.3, 0.4) is 0 Å². The van der Waals surface area contributed by atoms with Crippen LogP contribution in [0.15, 0.2) is 30.5 Å². The summed E-state index contributed by atoms with van der Waals surface area (Å²) in [5.74, 6) is -4.80. The van der Waals surface area contributed by atoms with Crippen molar-refractivity contribution in [2.45, 2.75) is 74.6 Å². The lowest BCUT2D eigenvalue weighted by Gasteiger charge is -2.73. The number of fused-ring (bicyclic) bond motifs is 2. The molecule has 1 amide bonds. The second-order valence-electron chi connectivity index (χ2n) is 15.9. The third-order valence-corrected chi connectivity index (χ3v) is 12.6. The van der Waals surface area contributed by atoms with Crippen molar-refractivity contribution < 1.29 is 41.4 Å². The molecule has 0 radical (unpaired) electrons. The summed E-state index contributed by atoms with van der Waals surface area (Å²) in [6.07, 6.45) is 3.33. The van der Waals surface area contributed by atoms with Gasteiger partial charge in [-0.05, 0) is 79.5 Å². The van der Waals surface area contributed by atoms with Gasteiger partial charge in [0.15, 0.2) is 17.2 Å². The molecule has 2 atom stereocenters. The van der Waals surface area contributed by atoms with Crippen molar-refractivity contribution in [1.82, 2.24) is 30.1 Å². The molecule has 286 valence electrons. The number of carbonyl (C=O) groups excluding carboxylic acids is 1. The number of carbonyl (C=O) groups is 2. The number of alkyl halides is 5. The highest BCUT2D eigenvalue weighted by atomic mass is 19.4. The molecule has 4 saturated carbocycles. The van der Waals surface area contributed by atoms with Gasteiger partial charge < -0.3 is 35.6 Å². The third-order valence-electron chi connectivity index (χ3n) is 12.6. The fourth-order valence-electron chi connectivity index (χ4n) is 9.93. The molecule has 3 aromatic rings. The predicted octanol–water partition coefficient (Wildman–Crippen LogP) is 4.36. The van der Waals surface area contributed by atoms with Crippen LogP contribution >= 0.6 is 0 Å². The fourth-order valence-corrected chi connectivity index (χ4v) is 9.93. The smallest absolute Gasteiger partial charge is 0.475 e. The van der Waals surface area contributed by atoms with Crippen LogP contribution in [0, 0.1) is 10.8 Å². The molecule has 4 aliphatic carbocycles. The molecule has 12 nitrogen and oxygen atoms in total. The number of hydrogen-bond donors (Lipinski definition) is 4. The Kier molecular flexibility index (Phi) is 8.46. The zero-order valence-electron chi connectivity index (χ0n) is 29.5. The van der Waals surface area contributed by atoms with E-state index in [-0.39, 0.29) is 35.4 Å². The van der Waals surface area contributed by atoms with Gasteiger partial charge in [-0.25, -0.2) is 23.1 Å². The first-order valence-corrected chi connectivity index (χ1v) is 18.0. The number of piperidine rings is 1. The molecule has 10 rings (SSSR count). The number of likely N-dealkylation sites (tertiary alicyclic amines) is 1. The summed E-state index contributed by atoms with van der Waals surface area (Å²) >= 11 is 0. The van der Waals surface area contributed by atoms with Gasteiger partial charge in [0, 0.05) is 52.1 Å². The zero-order chi connectivity index (χ0) is 37.6. The van der Waals surface area contributed by atoms with Crippen molar-refractivity contribution in [2.24, 2.45) is 10.8 Å². The van der Waals surface area contributed by atoms with Crippen LogP contribution in [-0.2, 0) is 21.4 Å². The number of aliphatic carboxylic acids is 1. The monoisotopic (exact) mass is 746 g/mol. The van der Waals surface area contributed by atoms with Crippen LogP contribution in [0.1, 0.15) is 60.1 Å². The molecule has 6 fully saturated rings. The topological polar surface area (TPSA) is 136 Å². The molecule has 5 heterocycles. The van der Waals surface area contributed by atoms with Gasteiger partial charge in [-0.15, -0.1) is 5.10 Å². The molecule has 0 unspecified atom stereocenters. The molecule has 53 heavy (non-hydrogen) atoms. The summed E-state index contributed by atoms with van der Waals surface area (Å²) in [7, 11) is 3.54. The van der Waals surface area contributed by atoms with E-state index >= 15 is 0 Å². The summed E-state index contributed by atoms with van der Waals surface area (Å²) in [6.45, 7) is 3.34. The van der Waals surface area contributed by atoms with Gasteiger partial charge in [0.1, 0.15) is 0 Å². The second-order valence-corrected chi connectivity index (χ2v) is 15.9. The first kappa shape index (κ1) is 35.9. The van der Waals surface area contributed by atoms with Gasteiger partial charge in [0.05, 0.1) is 36.0 Å². The summed E-state index contributed by atoms with van der Waals surface area (Å²) in [5.41, 5.74) is 5.49. The van der Waals surface area contributed by atoms with E-state index in [2.05, 4.69) is 48.9 Å². The molecular weight excluding hydrogens is 703 g/mol. The Hall–Kier alpha value is -4.09. The Morgan fingerprint density at radius 2 is 1.89 bits per heavy atom. The highest BCUT2D eigenvalue weighted by molar-refractivity contribution is 5.94. The zero-order valence-corrected chi connectivity index (χ0v) is 29.5. The van der Waals surface area contributed by atoms with Crippen molar-refractivity contribution >= 4 is 34.7 Å². The van der Waals surface area contributed by atoms with E-state index in [1.165, 1.54) is 16.8 Å². The van der Waals surface area contributed by atoms with E-state index in [1.54, 1.807) is 17.8 Å². The fraction of sp³-hybridized carbons (Fsp3) is 0.611. The molecule has 1 spiro atoms. The number of benzene rings is 1. The number of aromatic nitrogens is 3. The number of nitrogens with zero attached hydrogens (tertiary/aromatic N) is 5. The molecule has 7 aliphatic rings. The average molecular weight is 747 g/mol. The van der Waals surface area contributed by atoms with Gasteiger partial charge >= 0.3 is 12.1 Å². The van der Waals surface area contributed by atoms with Crippen LogP contribution in [0.4, 0.5) is 39.1 Å². The summed E-state index contributed by atoms with van der Waals surface area (Å²) < 4.78 is 68.3. The number of rotatable bonds is 8. The second kappa shape index (κ2) is 12.5. The summed E-state index contributed by atoms with van der Waals surface area (Å²) in [4.78, 5) is 31.3. The van der Waals surface area contributed by atoms with E-state index in [0.717, 1.165) is 63.1 Å². The van der Waals surface area contributed by atoms with Crippen LogP contribution in [0.5, 0.6) is 0 Å². The average Bonchev–Trinajstić information content (AvgIpc) is 3.68. The van der Waals surface area contributed by atoms with E-state index in [0.29, 0.717) is 37.4 Å². The minimum atomic E-state index is -5.08. The molecule has 2 bridgehead atoms. The third kappa shape index (κ3) is 5.80. The Morgan fingerprint density at radius 1 is 1.15 bits per heavy atom. The Balaban J connectivity index is 0.000000523. The standard InChI is InChI=1S/C34H42F2N8O2.C2HF3O2/c1-37-24-12-28(41-44-26(13-39-29(24)44)30(45)40-23-6-7-27(23)46-2)43-11-8-21-22(4-3-5-25(21)43)32-14-31(15-32,16-32)18-42-19-33(20-42)9-10-38-17-34(33,35)36;3-2(4,5)1(6)7/h3-5,12-13,23,27,37-38H,6-11,14-20H2,1-2H3,(H,40,45);(H,6,7)/t23-,27-,31?,32?;/m1./s1. The molecule has 4 N–H and O–H groups in total.